The van der Waals surface area contributed by atoms with Gasteiger partial charge in [0.25, 0.3) is 0 Å². The third-order valence-electron chi connectivity index (χ3n) is 2.52. The van der Waals surface area contributed by atoms with Gasteiger partial charge in [-0.3, -0.25) is 4.79 Å². The van der Waals surface area contributed by atoms with Gasteiger partial charge in [0.05, 0.1) is 12.3 Å². The van der Waals surface area contributed by atoms with Crippen LogP contribution in [0, 0.1) is 0 Å². The number of nitrogen functional groups attached to an aromatic ring is 1. The Kier molecular flexibility index (Phi) is 4.21. The zero-order valence-corrected chi connectivity index (χ0v) is 12.1. The fraction of sp³-hybridized carbons (Fsp3) is 0.231. The van der Waals surface area contributed by atoms with Crippen molar-refractivity contribution in [3.05, 3.63) is 34.8 Å². The number of esters is 1. The summed E-state index contributed by atoms with van der Waals surface area (Å²) in [5.41, 5.74) is 7.50. The summed E-state index contributed by atoms with van der Waals surface area (Å²) in [6.45, 7) is 2.13. The van der Waals surface area contributed by atoms with Crippen LogP contribution in [0.5, 0.6) is 0 Å². The lowest BCUT2D eigenvalue weighted by atomic mass is 10.2. The highest BCUT2D eigenvalue weighted by Gasteiger charge is 2.11. The molecule has 0 aliphatic heterocycles. The normalized spacial score (nSPS) is 10.4. The van der Waals surface area contributed by atoms with Gasteiger partial charge in [-0.25, -0.2) is 4.68 Å². The van der Waals surface area contributed by atoms with Gasteiger partial charge in [-0.05, 0) is 19.1 Å². The molecule has 0 bridgehead atoms. The second-order valence-electron chi connectivity index (χ2n) is 3.93. The van der Waals surface area contributed by atoms with Crippen molar-refractivity contribution < 1.29 is 9.53 Å². The summed E-state index contributed by atoms with van der Waals surface area (Å²) in [5.74, 6) is 0.0844. The number of hydrogen-bond acceptors (Lipinski definition) is 4. The first-order valence-corrected chi connectivity index (χ1v) is 6.64. The number of halogens is 1. The van der Waals surface area contributed by atoms with Crippen LogP contribution in [0.4, 0.5) is 5.82 Å². The summed E-state index contributed by atoms with van der Waals surface area (Å²) in [7, 11) is 0. The van der Waals surface area contributed by atoms with Crippen LogP contribution < -0.4 is 5.73 Å². The maximum Gasteiger partial charge on any atom is 0.327 e. The lowest BCUT2D eigenvalue weighted by Gasteiger charge is -2.03. The van der Waals surface area contributed by atoms with E-state index in [1.165, 1.54) is 4.68 Å². The average molecular weight is 324 g/mol. The molecule has 2 N–H and O–H groups in total. The number of aromatic nitrogens is 2. The molecule has 5 nitrogen and oxygen atoms in total. The van der Waals surface area contributed by atoms with Gasteiger partial charge in [-0.2, -0.15) is 5.10 Å². The molecule has 100 valence electrons. The van der Waals surface area contributed by atoms with Gasteiger partial charge in [0, 0.05) is 16.1 Å². The third kappa shape index (κ3) is 3.35. The van der Waals surface area contributed by atoms with E-state index < -0.39 is 0 Å². The first kappa shape index (κ1) is 13.6. The lowest BCUT2D eigenvalue weighted by Crippen LogP contribution is -2.16. The summed E-state index contributed by atoms with van der Waals surface area (Å²) in [5, 5.41) is 4.31. The molecule has 0 atom stereocenters. The van der Waals surface area contributed by atoms with Crippen LogP contribution >= 0.6 is 15.9 Å². The molecule has 0 spiro atoms. The van der Waals surface area contributed by atoms with Crippen LogP contribution in [0.25, 0.3) is 11.3 Å². The highest BCUT2D eigenvalue weighted by atomic mass is 79.9. The molecule has 6 heteroatoms. The van der Waals surface area contributed by atoms with E-state index in [9.17, 15) is 4.79 Å². The molecular weight excluding hydrogens is 310 g/mol. The minimum atomic E-state index is -0.349. The molecule has 0 aliphatic carbocycles. The van der Waals surface area contributed by atoms with E-state index in [4.69, 9.17) is 10.5 Å². The Hall–Kier alpha value is -1.82. The molecule has 0 unspecified atom stereocenters. The van der Waals surface area contributed by atoms with Crippen molar-refractivity contribution in [2.75, 3.05) is 12.3 Å². The van der Waals surface area contributed by atoms with E-state index in [1.54, 1.807) is 13.0 Å². The Bertz CT molecular complexity index is 595. The minimum absolute atomic E-state index is 0.0215. The molecule has 0 aliphatic rings. The quantitative estimate of drug-likeness (QED) is 0.877. The maximum absolute atomic E-state index is 11.4. The van der Waals surface area contributed by atoms with Crippen molar-refractivity contribution in [3.8, 4) is 11.3 Å². The first-order valence-electron chi connectivity index (χ1n) is 5.85. The Balaban J connectivity index is 2.23. The number of anilines is 1. The topological polar surface area (TPSA) is 70.1 Å². The molecule has 0 amide bonds. The van der Waals surface area contributed by atoms with Gasteiger partial charge in [-0.1, -0.05) is 28.1 Å². The second-order valence-corrected chi connectivity index (χ2v) is 4.84. The zero-order valence-electron chi connectivity index (χ0n) is 10.5. The lowest BCUT2D eigenvalue weighted by molar-refractivity contribution is -0.143. The SMILES string of the molecule is CCOC(=O)Cn1nc(-c2cccc(Br)c2)cc1N. The van der Waals surface area contributed by atoms with Crippen LogP contribution in [0.2, 0.25) is 0 Å². The van der Waals surface area contributed by atoms with Crippen LogP contribution in [0.15, 0.2) is 34.8 Å². The van der Waals surface area contributed by atoms with Crippen molar-refractivity contribution in [1.82, 2.24) is 9.78 Å². The number of carbonyl (C=O) groups is 1. The van der Waals surface area contributed by atoms with Gasteiger partial charge >= 0.3 is 5.97 Å². The van der Waals surface area contributed by atoms with Crippen LogP contribution in [-0.4, -0.2) is 22.4 Å². The molecule has 0 radical (unpaired) electrons. The number of hydrogen-bond donors (Lipinski definition) is 1. The molecule has 1 heterocycles. The van der Waals surface area contributed by atoms with Crippen LogP contribution in [0.3, 0.4) is 0 Å². The molecule has 1 aromatic heterocycles. The van der Waals surface area contributed by atoms with Crippen LogP contribution in [0.1, 0.15) is 6.92 Å². The summed E-state index contributed by atoms with van der Waals surface area (Å²) in [6, 6.07) is 9.46. The predicted octanol–water partition coefficient (Wildman–Crippen LogP) is 2.46. The number of nitrogens with two attached hydrogens (primary N) is 1. The van der Waals surface area contributed by atoms with Gasteiger partial charge in [0.1, 0.15) is 12.4 Å². The van der Waals surface area contributed by atoms with Crippen molar-refractivity contribution in [1.29, 1.82) is 0 Å². The van der Waals surface area contributed by atoms with Crippen LogP contribution in [-0.2, 0) is 16.1 Å². The Labute approximate surface area is 119 Å². The molecule has 19 heavy (non-hydrogen) atoms. The van der Waals surface area contributed by atoms with Crippen molar-refractivity contribution in [2.45, 2.75) is 13.5 Å². The fourth-order valence-corrected chi connectivity index (χ4v) is 2.07. The highest BCUT2D eigenvalue weighted by molar-refractivity contribution is 9.10. The van der Waals surface area contributed by atoms with Crippen molar-refractivity contribution >= 4 is 27.7 Å². The molecule has 1 aromatic carbocycles. The maximum atomic E-state index is 11.4. The van der Waals surface area contributed by atoms with Crippen molar-refractivity contribution in [2.24, 2.45) is 0 Å². The predicted molar refractivity (Wildman–Crippen MR) is 76.4 cm³/mol. The minimum Gasteiger partial charge on any atom is -0.465 e. The molecule has 0 saturated heterocycles. The van der Waals surface area contributed by atoms with E-state index in [0.717, 1.165) is 15.7 Å². The Morgan fingerprint density at radius 3 is 2.95 bits per heavy atom. The van der Waals surface area contributed by atoms with E-state index in [2.05, 4.69) is 21.0 Å². The third-order valence-corrected chi connectivity index (χ3v) is 3.01. The van der Waals surface area contributed by atoms with Gasteiger partial charge in [0.15, 0.2) is 0 Å². The first-order chi connectivity index (χ1) is 9.10. The molecule has 0 fully saturated rings. The summed E-state index contributed by atoms with van der Waals surface area (Å²) in [6.07, 6.45) is 0. The average Bonchev–Trinajstić information content (AvgIpc) is 2.71. The van der Waals surface area contributed by atoms with Gasteiger partial charge in [-0.15, -0.1) is 0 Å². The number of rotatable bonds is 4. The van der Waals surface area contributed by atoms with Gasteiger partial charge < -0.3 is 10.5 Å². The summed E-state index contributed by atoms with van der Waals surface area (Å²) >= 11 is 3.41. The summed E-state index contributed by atoms with van der Waals surface area (Å²) < 4.78 is 7.27. The molecule has 2 rings (SSSR count). The molecular formula is C13H14BrN3O2. The second kappa shape index (κ2) is 5.88. The largest absolute Gasteiger partial charge is 0.465 e. The number of nitrogens with zero attached hydrogens (tertiary/aromatic N) is 2. The number of benzene rings is 1. The van der Waals surface area contributed by atoms with E-state index >= 15 is 0 Å². The molecule has 2 aromatic rings. The fourth-order valence-electron chi connectivity index (χ4n) is 1.68. The highest BCUT2D eigenvalue weighted by Crippen LogP contribution is 2.23. The standard InChI is InChI=1S/C13H14BrN3O2/c1-2-19-13(18)8-17-12(15)7-11(16-17)9-4-3-5-10(14)6-9/h3-7H,2,8,15H2,1H3. The number of carbonyl (C=O) groups excluding carboxylic acids is 1. The smallest absolute Gasteiger partial charge is 0.327 e. The van der Waals surface area contributed by atoms with E-state index in [0.29, 0.717) is 12.4 Å². The Morgan fingerprint density at radius 1 is 1.47 bits per heavy atom. The monoisotopic (exact) mass is 323 g/mol. The van der Waals surface area contributed by atoms with E-state index in [1.807, 2.05) is 24.3 Å². The van der Waals surface area contributed by atoms with Gasteiger partial charge in [0.2, 0.25) is 0 Å². The summed E-state index contributed by atoms with van der Waals surface area (Å²) in [4.78, 5) is 11.4. The zero-order chi connectivity index (χ0) is 13.8. The van der Waals surface area contributed by atoms with Crippen molar-refractivity contribution in [3.63, 3.8) is 0 Å². The Morgan fingerprint density at radius 2 is 2.26 bits per heavy atom. The number of ether oxygens (including phenoxy) is 1. The van der Waals surface area contributed by atoms with E-state index in [-0.39, 0.29) is 12.5 Å². The molecule has 0 saturated carbocycles.